The summed E-state index contributed by atoms with van der Waals surface area (Å²) in [5, 5.41) is 5.53. The first kappa shape index (κ1) is 17.2. The zero-order chi connectivity index (χ0) is 18.6. The summed E-state index contributed by atoms with van der Waals surface area (Å²) in [6, 6.07) is 20.6. The van der Waals surface area contributed by atoms with Gasteiger partial charge in [-0.05, 0) is 29.1 Å². The Morgan fingerprint density at radius 3 is 2.59 bits per heavy atom. The van der Waals surface area contributed by atoms with Crippen molar-refractivity contribution in [1.82, 2.24) is 14.9 Å². The Bertz CT molecular complexity index is 1120. The largest absolute Gasteiger partial charge is 0.343 e. The van der Waals surface area contributed by atoms with Crippen LogP contribution < -0.4 is 10.9 Å². The van der Waals surface area contributed by atoms with Crippen molar-refractivity contribution in [3.05, 3.63) is 99.2 Å². The van der Waals surface area contributed by atoms with Gasteiger partial charge in [0.25, 0.3) is 5.56 Å². The number of aromatic nitrogens is 2. The Balaban J connectivity index is 1.59. The third-order valence-electron chi connectivity index (χ3n) is 4.31. The quantitative estimate of drug-likeness (QED) is 0.582. The van der Waals surface area contributed by atoms with Gasteiger partial charge in [0.15, 0.2) is 0 Å². The van der Waals surface area contributed by atoms with Gasteiger partial charge in [0.1, 0.15) is 6.54 Å². The number of hydrogen-bond donors (Lipinski definition) is 1. The first-order valence-electron chi connectivity index (χ1n) is 8.54. The number of fused-ring (bicyclic) bond motifs is 1. The maximum Gasteiger partial charge on any atom is 0.261 e. The summed E-state index contributed by atoms with van der Waals surface area (Å²) in [6.07, 6.45) is 1.42. The van der Waals surface area contributed by atoms with E-state index in [4.69, 9.17) is 0 Å². The molecule has 1 atom stereocenters. The van der Waals surface area contributed by atoms with Crippen LogP contribution in [0.25, 0.3) is 10.9 Å². The number of amides is 1. The molecule has 27 heavy (non-hydrogen) atoms. The fraction of sp³-hybridized carbons (Fsp3) is 0.0952. The summed E-state index contributed by atoms with van der Waals surface area (Å²) in [5.41, 5.74) is 1.40. The van der Waals surface area contributed by atoms with Crippen LogP contribution in [0, 0.1) is 0 Å². The van der Waals surface area contributed by atoms with Crippen LogP contribution in [0.3, 0.4) is 0 Å². The van der Waals surface area contributed by atoms with Crippen molar-refractivity contribution in [1.29, 1.82) is 0 Å². The third-order valence-corrected chi connectivity index (χ3v) is 5.25. The number of nitrogens with one attached hydrogen (secondary N) is 1. The first-order chi connectivity index (χ1) is 13.2. The smallest absolute Gasteiger partial charge is 0.261 e. The van der Waals surface area contributed by atoms with Gasteiger partial charge in [0.2, 0.25) is 5.91 Å². The van der Waals surface area contributed by atoms with E-state index in [-0.39, 0.29) is 24.1 Å². The average molecular weight is 375 g/mol. The highest BCUT2D eigenvalue weighted by Crippen LogP contribution is 2.25. The topological polar surface area (TPSA) is 64.0 Å². The lowest BCUT2D eigenvalue weighted by Gasteiger charge is -2.18. The van der Waals surface area contributed by atoms with Gasteiger partial charge in [-0.25, -0.2) is 4.98 Å². The van der Waals surface area contributed by atoms with Gasteiger partial charge in [-0.1, -0.05) is 48.5 Å². The number of thiophene rings is 1. The molecule has 0 radical (unpaired) electrons. The van der Waals surface area contributed by atoms with E-state index in [0.29, 0.717) is 10.9 Å². The molecular formula is C21H17N3O2S. The molecule has 5 nitrogen and oxygen atoms in total. The Morgan fingerprint density at radius 1 is 1.04 bits per heavy atom. The summed E-state index contributed by atoms with van der Waals surface area (Å²) in [6.45, 7) is -0.0780. The second kappa shape index (κ2) is 7.55. The number of nitrogens with zero attached hydrogens (tertiary/aromatic N) is 2. The van der Waals surface area contributed by atoms with Gasteiger partial charge in [-0.2, -0.15) is 0 Å². The van der Waals surface area contributed by atoms with Crippen molar-refractivity contribution in [3.8, 4) is 0 Å². The number of rotatable bonds is 5. The molecule has 0 fully saturated rings. The van der Waals surface area contributed by atoms with Crippen LogP contribution in [-0.4, -0.2) is 15.5 Å². The summed E-state index contributed by atoms with van der Waals surface area (Å²) in [5.74, 6) is -0.239. The minimum atomic E-state index is -0.247. The van der Waals surface area contributed by atoms with Crippen molar-refractivity contribution in [3.63, 3.8) is 0 Å². The van der Waals surface area contributed by atoms with E-state index in [2.05, 4.69) is 10.3 Å². The molecule has 0 aliphatic carbocycles. The third kappa shape index (κ3) is 3.66. The molecule has 0 aliphatic heterocycles. The van der Waals surface area contributed by atoms with Crippen molar-refractivity contribution in [2.24, 2.45) is 0 Å². The summed E-state index contributed by atoms with van der Waals surface area (Å²) >= 11 is 1.58. The number of benzene rings is 2. The minimum Gasteiger partial charge on any atom is -0.343 e. The number of para-hydroxylation sites is 1. The molecule has 0 bridgehead atoms. The van der Waals surface area contributed by atoms with Gasteiger partial charge >= 0.3 is 0 Å². The zero-order valence-electron chi connectivity index (χ0n) is 14.4. The summed E-state index contributed by atoms with van der Waals surface area (Å²) in [4.78, 5) is 30.6. The van der Waals surface area contributed by atoms with Crippen LogP contribution in [-0.2, 0) is 11.3 Å². The Kier molecular flexibility index (Phi) is 4.80. The molecule has 134 valence electrons. The van der Waals surface area contributed by atoms with E-state index in [1.54, 1.807) is 29.5 Å². The molecule has 0 spiro atoms. The molecule has 1 N–H and O–H groups in total. The highest BCUT2D eigenvalue weighted by Gasteiger charge is 2.18. The standard InChI is InChI=1S/C21H17N3O2S/c25-19(13-24-14-22-17-10-5-4-9-16(17)21(24)26)23-20(18-11-6-12-27-18)15-7-2-1-3-8-15/h1-12,14,20H,13H2,(H,23,25)/t20-/m1/s1. The van der Waals surface area contributed by atoms with E-state index in [1.165, 1.54) is 10.9 Å². The van der Waals surface area contributed by atoms with E-state index in [9.17, 15) is 9.59 Å². The molecule has 0 aliphatic rings. The summed E-state index contributed by atoms with van der Waals surface area (Å²) in [7, 11) is 0. The molecule has 0 unspecified atom stereocenters. The molecule has 6 heteroatoms. The first-order valence-corrected chi connectivity index (χ1v) is 9.42. The van der Waals surface area contributed by atoms with E-state index in [1.807, 2.05) is 53.9 Å². The second-order valence-corrected chi connectivity index (χ2v) is 7.10. The molecule has 2 heterocycles. The SMILES string of the molecule is O=C(Cn1cnc2ccccc2c1=O)N[C@H](c1ccccc1)c1cccs1. The molecular weight excluding hydrogens is 358 g/mol. The molecule has 2 aromatic carbocycles. The predicted molar refractivity (Wildman–Crippen MR) is 107 cm³/mol. The summed E-state index contributed by atoms with van der Waals surface area (Å²) < 4.78 is 1.34. The Morgan fingerprint density at radius 2 is 1.81 bits per heavy atom. The highest BCUT2D eigenvalue weighted by molar-refractivity contribution is 7.10. The normalized spacial score (nSPS) is 12.0. The molecule has 4 rings (SSSR count). The molecule has 0 saturated carbocycles. The van der Waals surface area contributed by atoms with E-state index >= 15 is 0 Å². The van der Waals surface area contributed by atoms with Crippen LogP contribution in [0.15, 0.2) is 83.2 Å². The van der Waals surface area contributed by atoms with Crippen molar-refractivity contribution in [2.75, 3.05) is 0 Å². The van der Waals surface area contributed by atoms with Crippen molar-refractivity contribution < 1.29 is 4.79 Å². The fourth-order valence-electron chi connectivity index (χ4n) is 3.00. The highest BCUT2D eigenvalue weighted by atomic mass is 32.1. The zero-order valence-corrected chi connectivity index (χ0v) is 15.2. The molecule has 0 saturated heterocycles. The van der Waals surface area contributed by atoms with E-state index in [0.717, 1.165) is 10.4 Å². The number of hydrogen-bond acceptors (Lipinski definition) is 4. The van der Waals surface area contributed by atoms with Gasteiger partial charge in [-0.15, -0.1) is 11.3 Å². The molecule has 4 aromatic rings. The monoisotopic (exact) mass is 375 g/mol. The number of carbonyl (C=O) groups is 1. The van der Waals surface area contributed by atoms with Gasteiger partial charge in [0, 0.05) is 4.88 Å². The number of carbonyl (C=O) groups excluding carboxylic acids is 1. The second-order valence-electron chi connectivity index (χ2n) is 6.12. The van der Waals surface area contributed by atoms with Crippen LogP contribution >= 0.6 is 11.3 Å². The van der Waals surface area contributed by atoms with Crippen LogP contribution in [0.4, 0.5) is 0 Å². The minimum absolute atomic E-state index is 0.0780. The molecule has 2 aromatic heterocycles. The Labute approximate surface area is 159 Å². The average Bonchev–Trinajstić information content (AvgIpc) is 3.24. The van der Waals surface area contributed by atoms with Crippen molar-refractivity contribution in [2.45, 2.75) is 12.6 Å². The maximum absolute atomic E-state index is 12.7. The van der Waals surface area contributed by atoms with Gasteiger partial charge < -0.3 is 5.32 Å². The van der Waals surface area contributed by atoms with Gasteiger partial charge in [0.05, 0.1) is 23.3 Å². The maximum atomic E-state index is 12.7. The van der Waals surface area contributed by atoms with Crippen LogP contribution in [0.5, 0.6) is 0 Å². The van der Waals surface area contributed by atoms with Crippen LogP contribution in [0.1, 0.15) is 16.5 Å². The van der Waals surface area contributed by atoms with Gasteiger partial charge in [-0.3, -0.25) is 14.2 Å². The Hall–Kier alpha value is -3.25. The lowest BCUT2D eigenvalue weighted by molar-refractivity contribution is -0.122. The fourth-order valence-corrected chi connectivity index (χ4v) is 3.80. The van der Waals surface area contributed by atoms with E-state index < -0.39 is 0 Å². The van der Waals surface area contributed by atoms with Crippen molar-refractivity contribution >= 4 is 28.1 Å². The molecule has 1 amide bonds. The predicted octanol–water partition coefficient (Wildman–Crippen LogP) is 3.36. The lowest BCUT2D eigenvalue weighted by atomic mass is 10.1. The lowest BCUT2D eigenvalue weighted by Crippen LogP contribution is -2.35. The van der Waals surface area contributed by atoms with Crippen LogP contribution in [0.2, 0.25) is 0 Å².